The van der Waals surface area contributed by atoms with Crippen molar-refractivity contribution in [2.75, 3.05) is 0 Å². The molecule has 2 aliphatic heterocycles. The van der Waals surface area contributed by atoms with Gasteiger partial charge in [-0.05, 0) is 29.7 Å². The summed E-state index contributed by atoms with van der Waals surface area (Å²) in [7, 11) is 0. The third-order valence-electron chi connectivity index (χ3n) is 3.68. The van der Waals surface area contributed by atoms with Gasteiger partial charge in [0.25, 0.3) is 0 Å². The minimum atomic E-state index is -2.32. The molecular formula is C15H10F2N4O2S2. The summed E-state index contributed by atoms with van der Waals surface area (Å²) in [5.41, 5.74) is 1.83. The van der Waals surface area contributed by atoms with Crippen LogP contribution in [-0.4, -0.2) is 29.1 Å². The third kappa shape index (κ3) is 2.81. The highest BCUT2D eigenvalue weighted by molar-refractivity contribution is 8.02. The summed E-state index contributed by atoms with van der Waals surface area (Å²) in [6, 6.07) is 5.20. The van der Waals surface area contributed by atoms with Gasteiger partial charge in [0.1, 0.15) is 0 Å². The number of hydrogen-bond acceptors (Lipinski definition) is 6. The average Bonchev–Trinajstić information content (AvgIpc) is 3.18. The molecule has 1 aromatic carbocycles. The fourth-order valence-electron chi connectivity index (χ4n) is 2.62. The van der Waals surface area contributed by atoms with E-state index in [4.69, 9.17) is 0 Å². The second-order valence-electron chi connectivity index (χ2n) is 5.15. The summed E-state index contributed by atoms with van der Waals surface area (Å²) < 4.78 is 47.4. The Labute approximate surface area is 148 Å². The van der Waals surface area contributed by atoms with Crippen molar-refractivity contribution < 1.29 is 17.5 Å². The van der Waals surface area contributed by atoms with E-state index in [0.717, 1.165) is 12.1 Å². The lowest BCUT2D eigenvalue weighted by Crippen LogP contribution is -2.27. The van der Waals surface area contributed by atoms with Crippen LogP contribution in [0, 0.1) is 11.6 Å². The number of rotatable bonds is 3. The molecule has 0 radical (unpaired) electrons. The number of halogens is 2. The minimum absolute atomic E-state index is 0.156. The monoisotopic (exact) mass is 380 g/mol. The molecule has 25 heavy (non-hydrogen) atoms. The van der Waals surface area contributed by atoms with Gasteiger partial charge in [0, 0.05) is 18.0 Å². The number of aromatic nitrogens is 2. The largest absolute Gasteiger partial charge is 0.354 e. The van der Waals surface area contributed by atoms with Gasteiger partial charge in [0.15, 0.2) is 17.1 Å². The lowest BCUT2D eigenvalue weighted by atomic mass is 10.1. The Balaban J connectivity index is 1.89. The van der Waals surface area contributed by atoms with Gasteiger partial charge in [-0.2, -0.15) is 0 Å². The molecular weight excluding hydrogens is 370 g/mol. The SMILES string of the molecule is O=S(O)c1nccc(C2=C(c3ccc(F)c(F)c3)NC3SC=CN23)n1. The summed E-state index contributed by atoms with van der Waals surface area (Å²) in [6.45, 7) is 0. The standard InChI is InChI=1S/C15H10F2N4O2S2/c16-9-2-1-8(7-10(9)17)12-13(21-5-6-24-15(21)20-12)11-3-4-18-14(19-11)25(22)23/h1-7,15,20H,(H,22,23). The Morgan fingerprint density at radius 3 is 2.88 bits per heavy atom. The molecule has 6 nitrogen and oxygen atoms in total. The summed E-state index contributed by atoms with van der Waals surface area (Å²) in [5.74, 6) is -1.89. The highest BCUT2D eigenvalue weighted by Gasteiger charge is 2.35. The second kappa shape index (κ2) is 6.21. The van der Waals surface area contributed by atoms with Crippen LogP contribution in [0.15, 0.2) is 47.2 Å². The molecule has 4 rings (SSSR count). The van der Waals surface area contributed by atoms with Crippen LogP contribution in [0.1, 0.15) is 11.3 Å². The number of nitrogens with one attached hydrogen (secondary N) is 1. The molecule has 10 heteroatoms. The van der Waals surface area contributed by atoms with E-state index >= 15 is 0 Å². The predicted octanol–water partition coefficient (Wildman–Crippen LogP) is 2.57. The van der Waals surface area contributed by atoms with Crippen LogP contribution in [-0.2, 0) is 11.1 Å². The number of fused-ring (bicyclic) bond motifs is 1. The van der Waals surface area contributed by atoms with Crippen LogP contribution in [0.25, 0.3) is 11.4 Å². The predicted molar refractivity (Wildman–Crippen MR) is 89.7 cm³/mol. The topological polar surface area (TPSA) is 78.3 Å². The minimum Gasteiger partial charge on any atom is -0.354 e. The van der Waals surface area contributed by atoms with Crippen LogP contribution in [0.5, 0.6) is 0 Å². The van der Waals surface area contributed by atoms with E-state index in [1.807, 2.05) is 16.5 Å². The maximum absolute atomic E-state index is 13.7. The van der Waals surface area contributed by atoms with Crippen LogP contribution in [0.4, 0.5) is 8.78 Å². The van der Waals surface area contributed by atoms with Crippen LogP contribution in [0.2, 0.25) is 0 Å². The van der Waals surface area contributed by atoms with E-state index < -0.39 is 22.7 Å². The molecule has 1 aromatic heterocycles. The lowest BCUT2D eigenvalue weighted by Gasteiger charge is -2.18. The molecule has 2 unspecified atom stereocenters. The number of thioether (sulfide) groups is 1. The van der Waals surface area contributed by atoms with Gasteiger partial charge in [-0.15, -0.1) is 0 Å². The fraction of sp³-hybridized carbons (Fsp3) is 0.0667. The number of nitrogens with zero attached hydrogens (tertiary/aromatic N) is 3. The van der Waals surface area contributed by atoms with Gasteiger partial charge in [0.05, 0.1) is 17.1 Å². The van der Waals surface area contributed by atoms with Crippen molar-refractivity contribution >= 4 is 34.2 Å². The summed E-state index contributed by atoms with van der Waals surface area (Å²) in [6.07, 6.45) is 3.20. The molecule has 2 aliphatic rings. The molecule has 0 fully saturated rings. The molecule has 0 bridgehead atoms. The molecule has 0 saturated heterocycles. The zero-order valence-corrected chi connectivity index (χ0v) is 14.0. The Morgan fingerprint density at radius 1 is 1.28 bits per heavy atom. The van der Waals surface area contributed by atoms with E-state index in [-0.39, 0.29) is 10.7 Å². The first kappa shape index (κ1) is 16.2. The van der Waals surface area contributed by atoms with Crippen LogP contribution < -0.4 is 5.32 Å². The summed E-state index contributed by atoms with van der Waals surface area (Å²) in [4.78, 5) is 9.75. The zero-order valence-electron chi connectivity index (χ0n) is 12.4. The third-order valence-corrected chi connectivity index (χ3v) is 5.08. The molecule has 2 atom stereocenters. The van der Waals surface area contributed by atoms with E-state index in [9.17, 15) is 17.5 Å². The zero-order chi connectivity index (χ0) is 17.6. The maximum Gasteiger partial charge on any atom is 0.247 e. The first-order chi connectivity index (χ1) is 12.0. The van der Waals surface area contributed by atoms with Gasteiger partial charge in [0.2, 0.25) is 16.2 Å². The van der Waals surface area contributed by atoms with Crippen molar-refractivity contribution in [3.05, 3.63) is 65.0 Å². The highest BCUT2D eigenvalue weighted by atomic mass is 32.2. The van der Waals surface area contributed by atoms with Crippen LogP contribution >= 0.6 is 11.8 Å². The normalized spacial score (nSPS) is 20.0. The van der Waals surface area contributed by atoms with Crippen molar-refractivity contribution in [1.29, 1.82) is 0 Å². The molecule has 0 saturated carbocycles. The van der Waals surface area contributed by atoms with Gasteiger partial charge < -0.3 is 10.2 Å². The van der Waals surface area contributed by atoms with E-state index in [2.05, 4.69) is 15.3 Å². The quantitative estimate of drug-likeness (QED) is 0.626. The molecule has 2 aromatic rings. The van der Waals surface area contributed by atoms with Gasteiger partial charge in [-0.25, -0.2) is 23.0 Å². The van der Waals surface area contributed by atoms with Crippen molar-refractivity contribution in [2.24, 2.45) is 0 Å². The first-order valence-electron chi connectivity index (χ1n) is 7.05. The Morgan fingerprint density at radius 2 is 2.12 bits per heavy atom. The van der Waals surface area contributed by atoms with Crippen molar-refractivity contribution in [2.45, 2.75) is 10.7 Å². The maximum atomic E-state index is 13.7. The first-order valence-corrected chi connectivity index (χ1v) is 9.10. The van der Waals surface area contributed by atoms with E-state index in [1.54, 1.807) is 6.07 Å². The molecule has 2 N–H and O–H groups in total. The Kier molecular flexibility index (Phi) is 4.02. The van der Waals surface area contributed by atoms with E-state index in [0.29, 0.717) is 22.7 Å². The van der Waals surface area contributed by atoms with Crippen LogP contribution in [0.3, 0.4) is 0 Å². The molecule has 3 heterocycles. The van der Waals surface area contributed by atoms with Crippen molar-refractivity contribution in [1.82, 2.24) is 20.2 Å². The fourth-order valence-corrected chi connectivity index (χ4v) is 3.79. The average molecular weight is 380 g/mol. The second-order valence-corrected chi connectivity index (χ2v) is 7.01. The van der Waals surface area contributed by atoms with E-state index in [1.165, 1.54) is 24.0 Å². The smallest absolute Gasteiger partial charge is 0.247 e. The number of benzene rings is 1. The Bertz CT molecular complexity index is 951. The lowest BCUT2D eigenvalue weighted by molar-refractivity contribution is 0.506. The number of hydrogen-bond donors (Lipinski definition) is 2. The summed E-state index contributed by atoms with van der Waals surface area (Å²) in [5, 5.41) is 4.88. The van der Waals surface area contributed by atoms with Gasteiger partial charge >= 0.3 is 0 Å². The van der Waals surface area contributed by atoms with Gasteiger partial charge in [-0.3, -0.25) is 4.55 Å². The molecule has 0 spiro atoms. The van der Waals surface area contributed by atoms with Crippen molar-refractivity contribution in [3.8, 4) is 0 Å². The highest BCUT2D eigenvalue weighted by Crippen LogP contribution is 2.41. The Hall–Kier alpha value is -2.30. The van der Waals surface area contributed by atoms with Gasteiger partial charge in [-0.1, -0.05) is 11.8 Å². The van der Waals surface area contributed by atoms with Crippen molar-refractivity contribution in [3.63, 3.8) is 0 Å². The molecule has 0 amide bonds. The summed E-state index contributed by atoms with van der Waals surface area (Å²) >= 11 is -0.825. The molecule has 128 valence electrons. The molecule has 0 aliphatic carbocycles.